The van der Waals surface area contributed by atoms with Crippen LogP contribution in [0.2, 0.25) is 0 Å². The highest BCUT2D eigenvalue weighted by Gasteiger charge is 2.31. The average molecular weight is 175 g/mol. The van der Waals surface area contributed by atoms with E-state index in [1.165, 1.54) is 0 Å². The predicted molar refractivity (Wildman–Crippen MR) is 45.9 cm³/mol. The molecular weight excluding hydrogens is 162 g/mol. The van der Waals surface area contributed by atoms with Crippen molar-refractivity contribution in [2.45, 2.75) is 12.5 Å². The highest BCUT2D eigenvalue weighted by atomic mass is 32.2. The van der Waals surface area contributed by atoms with E-state index in [0.29, 0.717) is 5.92 Å². The van der Waals surface area contributed by atoms with E-state index in [-0.39, 0.29) is 6.04 Å². The zero-order valence-electron chi connectivity index (χ0n) is 6.54. The number of hydrogen-bond donors (Lipinski definition) is 2. The molecule has 1 aliphatic heterocycles. The summed E-state index contributed by atoms with van der Waals surface area (Å²) in [6, 6.07) is -0.303. The van der Waals surface area contributed by atoms with Crippen LogP contribution in [0.4, 0.5) is 0 Å². The maximum Gasteiger partial charge on any atom is 0.321 e. The number of hydrogen-bond acceptors (Lipinski definition) is 3. The summed E-state index contributed by atoms with van der Waals surface area (Å²) in [5.41, 5.74) is 0. The smallest absolute Gasteiger partial charge is 0.321 e. The Hall–Kier alpha value is -0.220. The molecule has 0 saturated carbocycles. The lowest BCUT2D eigenvalue weighted by Gasteiger charge is -2.12. The molecule has 1 saturated heterocycles. The number of nitrogens with one attached hydrogen (secondary N) is 1. The van der Waals surface area contributed by atoms with E-state index in [2.05, 4.69) is 5.32 Å². The van der Waals surface area contributed by atoms with Gasteiger partial charge >= 0.3 is 5.97 Å². The Labute approximate surface area is 70.6 Å². The number of carbonyl (C=O) groups is 1. The van der Waals surface area contributed by atoms with Crippen LogP contribution in [0.25, 0.3) is 0 Å². The van der Waals surface area contributed by atoms with Crippen molar-refractivity contribution < 1.29 is 9.90 Å². The predicted octanol–water partition coefficient (Wildman–Crippen LogP) is 0.412. The number of carboxylic acid groups (broad SMARTS) is 1. The molecule has 2 atom stereocenters. The molecule has 4 heteroatoms. The van der Waals surface area contributed by atoms with Crippen molar-refractivity contribution in [2.24, 2.45) is 5.92 Å². The Morgan fingerprint density at radius 1 is 1.82 bits per heavy atom. The molecule has 0 aromatic carbocycles. The van der Waals surface area contributed by atoms with Crippen LogP contribution >= 0.6 is 11.8 Å². The van der Waals surface area contributed by atoms with E-state index in [1.807, 2.05) is 6.26 Å². The van der Waals surface area contributed by atoms with Gasteiger partial charge in [0.1, 0.15) is 6.04 Å². The molecule has 2 N–H and O–H groups in total. The van der Waals surface area contributed by atoms with Gasteiger partial charge in [-0.05, 0) is 30.9 Å². The number of carboxylic acids is 1. The largest absolute Gasteiger partial charge is 0.480 e. The topological polar surface area (TPSA) is 49.3 Å². The van der Waals surface area contributed by atoms with Crippen LogP contribution in [0.15, 0.2) is 0 Å². The summed E-state index contributed by atoms with van der Waals surface area (Å²) < 4.78 is 0. The van der Waals surface area contributed by atoms with Gasteiger partial charge in [-0.25, -0.2) is 0 Å². The molecule has 1 rings (SSSR count). The van der Waals surface area contributed by atoms with Gasteiger partial charge in [0.2, 0.25) is 0 Å². The first-order valence-corrected chi connectivity index (χ1v) is 5.10. The lowest BCUT2D eigenvalue weighted by atomic mass is 10.0. The first-order valence-electron chi connectivity index (χ1n) is 3.71. The van der Waals surface area contributed by atoms with E-state index in [9.17, 15) is 4.79 Å². The summed E-state index contributed by atoms with van der Waals surface area (Å²) in [7, 11) is 0. The molecule has 0 bridgehead atoms. The summed E-state index contributed by atoms with van der Waals surface area (Å²) in [6.07, 6.45) is 3.01. The second-order valence-corrected chi connectivity index (χ2v) is 3.68. The van der Waals surface area contributed by atoms with E-state index < -0.39 is 5.97 Å². The third-order valence-electron chi connectivity index (χ3n) is 2.00. The lowest BCUT2D eigenvalue weighted by Crippen LogP contribution is -2.36. The fraction of sp³-hybridized carbons (Fsp3) is 0.857. The van der Waals surface area contributed by atoms with Crippen molar-refractivity contribution >= 4 is 17.7 Å². The molecule has 0 aromatic heterocycles. The van der Waals surface area contributed by atoms with Gasteiger partial charge < -0.3 is 10.4 Å². The van der Waals surface area contributed by atoms with Gasteiger partial charge in [-0.2, -0.15) is 11.8 Å². The van der Waals surface area contributed by atoms with E-state index in [4.69, 9.17) is 5.11 Å². The van der Waals surface area contributed by atoms with E-state index >= 15 is 0 Å². The maximum atomic E-state index is 10.6. The molecule has 1 aliphatic rings. The number of aliphatic carboxylic acids is 1. The second kappa shape index (κ2) is 3.97. The van der Waals surface area contributed by atoms with Crippen LogP contribution < -0.4 is 5.32 Å². The van der Waals surface area contributed by atoms with Gasteiger partial charge in [0.05, 0.1) is 0 Å². The molecule has 3 nitrogen and oxygen atoms in total. The van der Waals surface area contributed by atoms with Crippen molar-refractivity contribution in [3.63, 3.8) is 0 Å². The minimum atomic E-state index is -0.707. The molecule has 0 spiro atoms. The molecular formula is C7H13NO2S. The molecule has 11 heavy (non-hydrogen) atoms. The zero-order chi connectivity index (χ0) is 8.27. The first-order chi connectivity index (χ1) is 5.25. The average Bonchev–Trinajstić information content (AvgIpc) is 2.36. The van der Waals surface area contributed by atoms with E-state index in [0.717, 1.165) is 18.7 Å². The Morgan fingerprint density at radius 2 is 2.55 bits per heavy atom. The standard InChI is InChI=1S/C7H13NO2S/c1-11-4-5-2-3-8-6(5)7(9)10/h5-6,8H,2-4H2,1H3,(H,9,10)/t5-,6-/m0/s1. The van der Waals surface area contributed by atoms with Crippen molar-refractivity contribution in [2.75, 3.05) is 18.6 Å². The third-order valence-corrected chi connectivity index (χ3v) is 2.76. The molecule has 64 valence electrons. The number of thioether (sulfide) groups is 1. The minimum absolute atomic E-state index is 0.303. The van der Waals surface area contributed by atoms with Crippen LogP contribution in [0.1, 0.15) is 6.42 Å². The highest BCUT2D eigenvalue weighted by molar-refractivity contribution is 7.98. The van der Waals surface area contributed by atoms with Gasteiger partial charge in [0, 0.05) is 0 Å². The van der Waals surface area contributed by atoms with Crippen molar-refractivity contribution in [3.05, 3.63) is 0 Å². The lowest BCUT2D eigenvalue weighted by molar-refractivity contribution is -0.139. The fourth-order valence-corrected chi connectivity index (χ4v) is 2.23. The summed E-state index contributed by atoms with van der Waals surface area (Å²) in [5, 5.41) is 11.7. The molecule has 1 heterocycles. The Balaban J connectivity index is 2.44. The van der Waals surface area contributed by atoms with Crippen molar-refractivity contribution in [1.82, 2.24) is 5.32 Å². The Morgan fingerprint density at radius 3 is 3.09 bits per heavy atom. The van der Waals surface area contributed by atoms with Crippen LogP contribution in [0, 0.1) is 5.92 Å². The molecule has 0 amide bonds. The zero-order valence-corrected chi connectivity index (χ0v) is 7.36. The third kappa shape index (κ3) is 2.10. The number of rotatable bonds is 3. The van der Waals surface area contributed by atoms with Crippen LogP contribution in [-0.2, 0) is 4.79 Å². The van der Waals surface area contributed by atoms with Gasteiger partial charge in [-0.1, -0.05) is 0 Å². The van der Waals surface area contributed by atoms with Crippen LogP contribution in [0.5, 0.6) is 0 Å². The summed E-state index contributed by atoms with van der Waals surface area (Å²) in [6.45, 7) is 0.849. The Kier molecular flexibility index (Phi) is 3.20. The summed E-state index contributed by atoms with van der Waals surface area (Å²) in [5.74, 6) is 0.563. The fourth-order valence-electron chi connectivity index (χ4n) is 1.44. The summed E-state index contributed by atoms with van der Waals surface area (Å²) in [4.78, 5) is 10.6. The summed E-state index contributed by atoms with van der Waals surface area (Å²) >= 11 is 1.72. The van der Waals surface area contributed by atoms with Gasteiger partial charge in [0.25, 0.3) is 0 Å². The Bertz CT molecular complexity index is 151. The monoisotopic (exact) mass is 175 g/mol. The molecule has 1 fully saturated rings. The van der Waals surface area contributed by atoms with Gasteiger partial charge in [-0.3, -0.25) is 4.79 Å². The molecule has 0 aliphatic carbocycles. The highest BCUT2D eigenvalue weighted by Crippen LogP contribution is 2.19. The first kappa shape index (κ1) is 8.87. The SMILES string of the molecule is CSC[C@@H]1CCN[C@@H]1C(=O)O. The minimum Gasteiger partial charge on any atom is -0.480 e. The van der Waals surface area contributed by atoms with Crippen molar-refractivity contribution in [3.8, 4) is 0 Å². The van der Waals surface area contributed by atoms with Crippen molar-refractivity contribution in [1.29, 1.82) is 0 Å². The van der Waals surface area contributed by atoms with Crippen LogP contribution in [-0.4, -0.2) is 35.7 Å². The quantitative estimate of drug-likeness (QED) is 0.652. The molecule has 0 unspecified atom stereocenters. The van der Waals surface area contributed by atoms with E-state index in [1.54, 1.807) is 11.8 Å². The normalized spacial score (nSPS) is 30.6. The molecule has 0 aromatic rings. The van der Waals surface area contributed by atoms with Crippen LogP contribution in [0.3, 0.4) is 0 Å². The van der Waals surface area contributed by atoms with Gasteiger partial charge in [0.15, 0.2) is 0 Å². The second-order valence-electron chi connectivity index (χ2n) is 2.77. The maximum absolute atomic E-state index is 10.6. The molecule has 0 radical (unpaired) electrons. The van der Waals surface area contributed by atoms with Gasteiger partial charge in [-0.15, -0.1) is 0 Å².